The molecule has 1 aliphatic rings. The van der Waals surface area contributed by atoms with Crippen LogP contribution in [0.4, 0.5) is 0 Å². The molecule has 2 unspecified atom stereocenters. The van der Waals surface area contributed by atoms with Gasteiger partial charge in [-0.05, 0) is 25.7 Å². The van der Waals surface area contributed by atoms with Crippen LogP contribution in [-0.4, -0.2) is 33.0 Å². The van der Waals surface area contributed by atoms with E-state index in [4.69, 9.17) is 0 Å². The first-order valence-corrected chi connectivity index (χ1v) is 7.79. The van der Waals surface area contributed by atoms with E-state index in [1.54, 1.807) is 6.92 Å². The fraction of sp³-hybridized carbons (Fsp3) is 0.750. The second-order valence-corrected chi connectivity index (χ2v) is 6.75. The lowest BCUT2D eigenvalue weighted by atomic mass is 9.88. The molecule has 1 rings (SSSR count). The molecule has 0 aromatic heterocycles. The molecule has 0 amide bonds. The Morgan fingerprint density at radius 1 is 1.41 bits per heavy atom. The summed E-state index contributed by atoms with van der Waals surface area (Å²) in [6.07, 6.45) is 7.21. The Labute approximate surface area is 103 Å². The van der Waals surface area contributed by atoms with Crippen LogP contribution in [0.1, 0.15) is 32.6 Å². The number of carbonyl (C=O) groups is 1. The number of esters is 1. The van der Waals surface area contributed by atoms with Crippen LogP contribution in [0.5, 0.6) is 0 Å². The topological polar surface area (TPSA) is 60.4 Å². The highest BCUT2D eigenvalue weighted by Crippen LogP contribution is 2.29. The lowest BCUT2D eigenvalue weighted by Gasteiger charge is -2.25. The quantitative estimate of drug-likeness (QED) is 0.570. The van der Waals surface area contributed by atoms with Crippen LogP contribution in [0.2, 0.25) is 0 Å². The molecule has 0 heterocycles. The maximum absolute atomic E-state index is 11.7. The van der Waals surface area contributed by atoms with Gasteiger partial charge in [0, 0.05) is 12.2 Å². The molecular weight excluding hydrogens is 240 g/mol. The van der Waals surface area contributed by atoms with Gasteiger partial charge in [-0.15, -0.1) is 0 Å². The van der Waals surface area contributed by atoms with Crippen LogP contribution in [0.3, 0.4) is 0 Å². The molecule has 2 atom stereocenters. The van der Waals surface area contributed by atoms with E-state index < -0.39 is 21.1 Å². The van der Waals surface area contributed by atoms with Crippen molar-refractivity contribution in [2.45, 2.75) is 37.9 Å². The summed E-state index contributed by atoms with van der Waals surface area (Å²) in [5.41, 5.74) is 1.07. The van der Waals surface area contributed by atoms with Gasteiger partial charge in [0.25, 0.3) is 0 Å². The highest BCUT2D eigenvalue weighted by Gasteiger charge is 2.37. The zero-order chi connectivity index (χ0) is 13.1. The van der Waals surface area contributed by atoms with Gasteiger partial charge >= 0.3 is 5.97 Å². The number of ether oxygens (including phenoxy) is 1. The standard InChI is InChI=1S/C12H20O4S/c1-9(10-7-5-4-6-8-10)11(12(13)16-2)17(3,14)15/h7,9,11H,4-6,8H2,1-3H3. The monoisotopic (exact) mass is 260 g/mol. The molecule has 17 heavy (non-hydrogen) atoms. The average molecular weight is 260 g/mol. The highest BCUT2D eigenvalue weighted by atomic mass is 32.2. The number of methoxy groups -OCH3 is 1. The van der Waals surface area contributed by atoms with Crippen molar-refractivity contribution >= 4 is 15.8 Å². The summed E-state index contributed by atoms with van der Waals surface area (Å²) < 4.78 is 28.0. The highest BCUT2D eigenvalue weighted by molar-refractivity contribution is 7.92. The zero-order valence-corrected chi connectivity index (χ0v) is 11.4. The SMILES string of the molecule is COC(=O)C(C(C)C1=CCCCC1)S(C)(=O)=O. The van der Waals surface area contributed by atoms with Gasteiger partial charge in [0.2, 0.25) is 0 Å². The van der Waals surface area contributed by atoms with E-state index in [-0.39, 0.29) is 5.92 Å². The second-order valence-electron chi connectivity index (χ2n) is 4.59. The van der Waals surface area contributed by atoms with Crippen molar-refractivity contribution in [3.05, 3.63) is 11.6 Å². The van der Waals surface area contributed by atoms with Gasteiger partial charge in [-0.1, -0.05) is 18.6 Å². The summed E-state index contributed by atoms with van der Waals surface area (Å²) in [5, 5.41) is -1.07. The predicted molar refractivity (Wildman–Crippen MR) is 66.4 cm³/mol. The van der Waals surface area contributed by atoms with Crippen molar-refractivity contribution in [3.63, 3.8) is 0 Å². The van der Waals surface area contributed by atoms with Crippen LogP contribution in [0.25, 0.3) is 0 Å². The van der Waals surface area contributed by atoms with Crippen LogP contribution in [-0.2, 0) is 19.4 Å². The number of allylic oxidation sites excluding steroid dienone is 2. The van der Waals surface area contributed by atoms with Crippen molar-refractivity contribution in [1.29, 1.82) is 0 Å². The summed E-state index contributed by atoms with van der Waals surface area (Å²) in [4.78, 5) is 11.6. The molecule has 0 N–H and O–H groups in total. The minimum absolute atomic E-state index is 0.294. The second kappa shape index (κ2) is 5.67. The molecule has 0 spiro atoms. The van der Waals surface area contributed by atoms with Crippen molar-refractivity contribution in [3.8, 4) is 0 Å². The lowest BCUT2D eigenvalue weighted by Crippen LogP contribution is -2.37. The Bertz CT molecular complexity index is 408. The predicted octanol–water partition coefficient (Wildman–Crippen LogP) is 1.71. The van der Waals surface area contributed by atoms with E-state index in [0.717, 1.165) is 37.5 Å². The van der Waals surface area contributed by atoms with Gasteiger partial charge in [-0.3, -0.25) is 4.79 Å². The Balaban J connectivity index is 2.98. The molecule has 0 saturated heterocycles. The Hall–Kier alpha value is -0.840. The number of sulfone groups is 1. The summed E-state index contributed by atoms with van der Waals surface area (Å²) >= 11 is 0. The van der Waals surface area contributed by atoms with Crippen LogP contribution in [0.15, 0.2) is 11.6 Å². The fourth-order valence-electron chi connectivity index (χ4n) is 2.34. The Morgan fingerprint density at radius 2 is 2.06 bits per heavy atom. The molecular formula is C12H20O4S. The van der Waals surface area contributed by atoms with Crippen LogP contribution in [0, 0.1) is 5.92 Å². The van der Waals surface area contributed by atoms with Gasteiger partial charge in [0.15, 0.2) is 15.1 Å². The summed E-state index contributed by atoms with van der Waals surface area (Å²) in [6.45, 7) is 1.79. The van der Waals surface area contributed by atoms with E-state index in [9.17, 15) is 13.2 Å². The Kier molecular flexibility index (Phi) is 4.74. The minimum atomic E-state index is -3.44. The van der Waals surface area contributed by atoms with Gasteiger partial charge in [0.1, 0.15) is 0 Å². The molecule has 0 aromatic carbocycles. The third kappa shape index (κ3) is 3.56. The third-order valence-corrected chi connectivity index (χ3v) is 4.78. The first-order chi connectivity index (χ1) is 7.88. The minimum Gasteiger partial charge on any atom is -0.468 e. The number of hydrogen-bond acceptors (Lipinski definition) is 4. The molecule has 0 aliphatic heterocycles. The maximum atomic E-state index is 11.7. The maximum Gasteiger partial charge on any atom is 0.324 e. The molecule has 0 radical (unpaired) electrons. The van der Waals surface area contributed by atoms with E-state index in [0.29, 0.717) is 0 Å². The number of rotatable bonds is 4. The molecule has 5 heteroatoms. The third-order valence-electron chi connectivity index (χ3n) is 3.26. The van der Waals surface area contributed by atoms with E-state index in [1.807, 2.05) is 0 Å². The van der Waals surface area contributed by atoms with E-state index >= 15 is 0 Å². The Morgan fingerprint density at radius 3 is 2.47 bits per heavy atom. The molecule has 4 nitrogen and oxygen atoms in total. The molecule has 1 aliphatic carbocycles. The normalized spacial score (nSPS) is 20.3. The van der Waals surface area contributed by atoms with Crippen LogP contribution >= 0.6 is 0 Å². The molecule has 0 aromatic rings. The van der Waals surface area contributed by atoms with Crippen LogP contribution < -0.4 is 0 Å². The van der Waals surface area contributed by atoms with Gasteiger partial charge < -0.3 is 4.74 Å². The van der Waals surface area contributed by atoms with Crippen molar-refractivity contribution in [1.82, 2.24) is 0 Å². The molecule has 0 bridgehead atoms. The van der Waals surface area contributed by atoms with Gasteiger partial charge in [-0.25, -0.2) is 8.42 Å². The summed E-state index contributed by atoms with van der Waals surface area (Å²) in [7, 11) is -2.22. The first-order valence-electron chi connectivity index (χ1n) is 5.83. The molecule has 0 saturated carbocycles. The zero-order valence-electron chi connectivity index (χ0n) is 10.6. The van der Waals surface area contributed by atoms with Crippen molar-refractivity contribution in [2.75, 3.05) is 13.4 Å². The van der Waals surface area contributed by atoms with Crippen molar-refractivity contribution < 1.29 is 17.9 Å². The number of carbonyl (C=O) groups excluding carboxylic acids is 1. The molecule has 0 fully saturated rings. The number of hydrogen-bond donors (Lipinski definition) is 0. The van der Waals surface area contributed by atoms with E-state index in [1.165, 1.54) is 7.11 Å². The fourth-order valence-corrected chi connectivity index (χ4v) is 3.70. The lowest BCUT2D eigenvalue weighted by molar-refractivity contribution is -0.140. The van der Waals surface area contributed by atoms with Crippen molar-refractivity contribution in [2.24, 2.45) is 5.92 Å². The van der Waals surface area contributed by atoms with E-state index in [2.05, 4.69) is 10.8 Å². The summed E-state index contributed by atoms with van der Waals surface area (Å²) in [5.74, 6) is -0.954. The van der Waals surface area contributed by atoms with Gasteiger partial charge in [0.05, 0.1) is 7.11 Å². The average Bonchev–Trinajstić information content (AvgIpc) is 2.28. The largest absolute Gasteiger partial charge is 0.468 e. The smallest absolute Gasteiger partial charge is 0.324 e. The molecule has 98 valence electrons. The first kappa shape index (κ1) is 14.2. The summed E-state index contributed by atoms with van der Waals surface area (Å²) in [6, 6.07) is 0. The van der Waals surface area contributed by atoms with Gasteiger partial charge in [-0.2, -0.15) is 0 Å².